The number of aromatic amines is 1. The molecule has 0 saturated heterocycles. The highest BCUT2D eigenvalue weighted by atomic mass is 16.2. The van der Waals surface area contributed by atoms with Crippen molar-refractivity contribution in [3.8, 4) is 0 Å². The Hall–Kier alpha value is -2.30. The third-order valence-corrected chi connectivity index (χ3v) is 2.84. The number of nitrogens with one attached hydrogen (secondary N) is 1. The molecule has 18 heavy (non-hydrogen) atoms. The second-order valence-corrected chi connectivity index (χ2v) is 4.23. The molecular weight excluding hydrogens is 230 g/mol. The van der Waals surface area contributed by atoms with Crippen LogP contribution < -0.4 is 17.0 Å². The van der Waals surface area contributed by atoms with E-state index in [1.165, 1.54) is 10.8 Å². The zero-order valence-corrected chi connectivity index (χ0v) is 10.1. The van der Waals surface area contributed by atoms with Gasteiger partial charge >= 0.3 is 5.69 Å². The minimum Gasteiger partial charge on any atom is -0.399 e. The van der Waals surface area contributed by atoms with Crippen LogP contribution in [0.2, 0.25) is 0 Å². The Morgan fingerprint density at radius 2 is 1.89 bits per heavy atom. The summed E-state index contributed by atoms with van der Waals surface area (Å²) in [4.78, 5) is 25.9. The molecule has 3 N–H and O–H groups in total. The molecule has 0 spiro atoms. The van der Waals surface area contributed by atoms with Crippen molar-refractivity contribution in [3.63, 3.8) is 0 Å². The van der Waals surface area contributed by atoms with Gasteiger partial charge in [0.2, 0.25) is 0 Å². The summed E-state index contributed by atoms with van der Waals surface area (Å²) in [5.41, 5.74) is 7.25. The van der Waals surface area contributed by atoms with Gasteiger partial charge in [0, 0.05) is 24.0 Å². The first-order chi connectivity index (χ1) is 8.58. The molecule has 5 heteroatoms. The highest BCUT2D eigenvalue weighted by Gasteiger charge is 2.04. The molecular formula is C13H15N3O2. The van der Waals surface area contributed by atoms with Gasteiger partial charge in [-0.25, -0.2) is 4.79 Å². The molecule has 94 valence electrons. The van der Waals surface area contributed by atoms with Gasteiger partial charge in [-0.2, -0.15) is 0 Å². The molecule has 0 aliphatic rings. The molecule has 0 saturated carbocycles. The van der Waals surface area contributed by atoms with E-state index in [0.29, 0.717) is 24.2 Å². The third-order valence-electron chi connectivity index (χ3n) is 2.84. The van der Waals surface area contributed by atoms with E-state index in [2.05, 4.69) is 4.98 Å². The molecule has 0 bridgehead atoms. The standard InChI is InChI=1S/C13H15N3O2/c1-9-8-15-13(18)16(12(9)17)7-6-10-2-4-11(14)5-3-10/h2-5,8H,6-7,14H2,1H3,(H,15,18). The number of aromatic nitrogens is 2. The fourth-order valence-corrected chi connectivity index (χ4v) is 1.74. The quantitative estimate of drug-likeness (QED) is 0.780. The van der Waals surface area contributed by atoms with Gasteiger partial charge in [0.1, 0.15) is 0 Å². The lowest BCUT2D eigenvalue weighted by molar-refractivity contribution is 0.623. The van der Waals surface area contributed by atoms with Crippen LogP contribution in [0, 0.1) is 6.92 Å². The van der Waals surface area contributed by atoms with Crippen LogP contribution in [0.5, 0.6) is 0 Å². The summed E-state index contributed by atoms with van der Waals surface area (Å²) in [6.07, 6.45) is 2.05. The molecule has 5 nitrogen and oxygen atoms in total. The van der Waals surface area contributed by atoms with Gasteiger partial charge < -0.3 is 10.7 Å². The summed E-state index contributed by atoms with van der Waals surface area (Å²) in [7, 11) is 0. The zero-order valence-electron chi connectivity index (χ0n) is 10.1. The molecule has 0 unspecified atom stereocenters. The largest absolute Gasteiger partial charge is 0.399 e. The molecule has 0 fully saturated rings. The maximum absolute atomic E-state index is 11.8. The van der Waals surface area contributed by atoms with Crippen LogP contribution in [0.25, 0.3) is 0 Å². The first kappa shape index (κ1) is 12.2. The Kier molecular flexibility index (Phi) is 3.32. The third kappa shape index (κ3) is 2.51. The number of nitrogens with two attached hydrogens (primary N) is 1. The molecule has 0 atom stereocenters. The fourth-order valence-electron chi connectivity index (χ4n) is 1.74. The molecule has 1 aromatic carbocycles. The van der Waals surface area contributed by atoms with Gasteiger partial charge in [-0.3, -0.25) is 9.36 Å². The molecule has 0 aliphatic carbocycles. The topological polar surface area (TPSA) is 80.9 Å². The van der Waals surface area contributed by atoms with E-state index >= 15 is 0 Å². The fraction of sp³-hybridized carbons (Fsp3) is 0.231. The smallest absolute Gasteiger partial charge is 0.328 e. The first-order valence-electron chi connectivity index (χ1n) is 5.71. The average molecular weight is 245 g/mol. The summed E-state index contributed by atoms with van der Waals surface area (Å²) >= 11 is 0. The predicted molar refractivity (Wildman–Crippen MR) is 70.6 cm³/mol. The molecule has 2 aromatic rings. The monoisotopic (exact) mass is 245 g/mol. The van der Waals surface area contributed by atoms with Crippen molar-refractivity contribution in [2.45, 2.75) is 19.9 Å². The predicted octanol–water partition coefficient (Wildman–Crippen LogP) is 0.670. The van der Waals surface area contributed by atoms with Crippen molar-refractivity contribution < 1.29 is 0 Å². The highest BCUT2D eigenvalue weighted by Crippen LogP contribution is 2.06. The van der Waals surface area contributed by atoms with E-state index in [1.807, 2.05) is 12.1 Å². The Balaban J connectivity index is 2.21. The van der Waals surface area contributed by atoms with Gasteiger partial charge in [-0.1, -0.05) is 12.1 Å². The minimum absolute atomic E-state index is 0.241. The lowest BCUT2D eigenvalue weighted by Gasteiger charge is -2.05. The van der Waals surface area contributed by atoms with Crippen molar-refractivity contribution in [1.29, 1.82) is 0 Å². The lowest BCUT2D eigenvalue weighted by Crippen LogP contribution is -2.36. The van der Waals surface area contributed by atoms with Crippen LogP contribution in [0.1, 0.15) is 11.1 Å². The van der Waals surface area contributed by atoms with Crippen LogP contribution in [-0.4, -0.2) is 9.55 Å². The number of anilines is 1. The number of hydrogen-bond acceptors (Lipinski definition) is 3. The highest BCUT2D eigenvalue weighted by molar-refractivity contribution is 5.39. The summed E-state index contributed by atoms with van der Waals surface area (Å²) in [5.74, 6) is 0. The van der Waals surface area contributed by atoms with Gasteiger partial charge in [0.15, 0.2) is 0 Å². The van der Waals surface area contributed by atoms with Gasteiger partial charge in [-0.15, -0.1) is 0 Å². The van der Waals surface area contributed by atoms with Gasteiger partial charge in [0.05, 0.1) is 0 Å². The van der Waals surface area contributed by atoms with E-state index in [1.54, 1.807) is 19.1 Å². The number of H-pyrrole nitrogens is 1. The Morgan fingerprint density at radius 3 is 2.56 bits per heavy atom. The number of benzene rings is 1. The summed E-state index contributed by atoms with van der Waals surface area (Å²) in [6.45, 7) is 2.04. The molecule has 0 aliphatic heterocycles. The number of nitrogens with zero attached hydrogens (tertiary/aromatic N) is 1. The Bertz CT molecular complexity index is 653. The summed E-state index contributed by atoms with van der Waals surface area (Å²) in [5, 5.41) is 0. The molecule has 0 radical (unpaired) electrons. The average Bonchev–Trinajstić information content (AvgIpc) is 2.36. The van der Waals surface area contributed by atoms with Gasteiger partial charge in [0.25, 0.3) is 5.56 Å². The second-order valence-electron chi connectivity index (χ2n) is 4.23. The first-order valence-corrected chi connectivity index (χ1v) is 5.71. The van der Waals surface area contributed by atoms with Crippen LogP contribution in [0.4, 0.5) is 5.69 Å². The Morgan fingerprint density at radius 1 is 1.22 bits per heavy atom. The van der Waals surface area contributed by atoms with Crippen molar-refractivity contribution in [3.05, 3.63) is 62.4 Å². The number of rotatable bonds is 3. The normalized spacial score (nSPS) is 10.5. The molecule has 2 rings (SSSR count). The van der Waals surface area contributed by atoms with E-state index in [9.17, 15) is 9.59 Å². The van der Waals surface area contributed by atoms with E-state index in [4.69, 9.17) is 5.73 Å². The number of nitrogen functional groups attached to an aromatic ring is 1. The van der Waals surface area contributed by atoms with E-state index in [-0.39, 0.29) is 11.2 Å². The van der Waals surface area contributed by atoms with Crippen LogP contribution >= 0.6 is 0 Å². The maximum Gasteiger partial charge on any atom is 0.328 e. The van der Waals surface area contributed by atoms with Crippen LogP contribution in [0.15, 0.2) is 40.1 Å². The molecule has 0 amide bonds. The molecule has 1 aromatic heterocycles. The van der Waals surface area contributed by atoms with E-state index < -0.39 is 0 Å². The summed E-state index contributed by atoms with van der Waals surface area (Å²) in [6, 6.07) is 7.39. The van der Waals surface area contributed by atoms with Gasteiger partial charge in [-0.05, 0) is 31.0 Å². The van der Waals surface area contributed by atoms with E-state index in [0.717, 1.165) is 5.56 Å². The zero-order chi connectivity index (χ0) is 13.1. The number of hydrogen-bond donors (Lipinski definition) is 2. The van der Waals surface area contributed by atoms with Crippen molar-refractivity contribution in [1.82, 2.24) is 9.55 Å². The van der Waals surface area contributed by atoms with Crippen LogP contribution in [0.3, 0.4) is 0 Å². The summed E-state index contributed by atoms with van der Waals surface area (Å²) < 4.78 is 1.21. The SMILES string of the molecule is Cc1c[nH]c(=O)n(CCc2ccc(N)cc2)c1=O. The molecule has 1 heterocycles. The minimum atomic E-state index is -0.374. The second kappa shape index (κ2) is 4.91. The van der Waals surface area contributed by atoms with Crippen LogP contribution in [-0.2, 0) is 13.0 Å². The van der Waals surface area contributed by atoms with Crippen molar-refractivity contribution >= 4 is 5.69 Å². The number of aryl methyl sites for hydroxylation is 2. The Labute approximate surface area is 104 Å². The maximum atomic E-state index is 11.8. The van der Waals surface area contributed by atoms with Crippen molar-refractivity contribution in [2.24, 2.45) is 0 Å². The lowest BCUT2D eigenvalue weighted by atomic mass is 10.1. The van der Waals surface area contributed by atoms with Crippen molar-refractivity contribution in [2.75, 3.05) is 5.73 Å².